The number of nitrogens with zero attached hydrogens (tertiary/aromatic N) is 2. The van der Waals surface area contributed by atoms with E-state index in [-0.39, 0.29) is 42.2 Å². The standard InChI is InChI=1S/C23H20N2O5/c1-13-8-9-17-14(12-13)19(27)18-20(30-17)21(28)25(10-5-11-26)23(18)15-6-3-4-7-16(15)24(2)22(23)29/h3-4,6-9,12,26H,5,10-11H2,1-2H3/t23-/m0/s1. The van der Waals surface area contributed by atoms with Gasteiger partial charge < -0.3 is 19.3 Å². The third kappa shape index (κ3) is 2.10. The van der Waals surface area contributed by atoms with Gasteiger partial charge in [0.2, 0.25) is 5.76 Å². The summed E-state index contributed by atoms with van der Waals surface area (Å²) in [5, 5.41) is 9.73. The minimum atomic E-state index is -1.59. The van der Waals surface area contributed by atoms with Crippen LogP contribution in [0.3, 0.4) is 0 Å². The van der Waals surface area contributed by atoms with E-state index in [1.807, 2.05) is 13.0 Å². The van der Waals surface area contributed by atoms with Gasteiger partial charge in [-0.05, 0) is 31.5 Å². The number of hydrogen-bond acceptors (Lipinski definition) is 5. The van der Waals surface area contributed by atoms with E-state index < -0.39 is 11.4 Å². The summed E-state index contributed by atoms with van der Waals surface area (Å²) in [4.78, 5) is 43.7. The maximum absolute atomic E-state index is 13.7. The molecule has 0 aliphatic carbocycles. The molecular weight excluding hydrogens is 384 g/mol. The van der Waals surface area contributed by atoms with E-state index in [0.29, 0.717) is 22.2 Å². The molecule has 2 amide bonds. The van der Waals surface area contributed by atoms with Gasteiger partial charge in [0.05, 0.1) is 10.9 Å². The highest BCUT2D eigenvalue weighted by Gasteiger charge is 2.64. The van der Waals surface area contributed by atoms with Gasteiger partial charge in [-0.2, -0.15) is 0 Å². The number of amides is 2. The SMILES string of the molecule is Cc1ccc2oc3c(c(=O)c2c1)[C@@]1(C(=O)N(C)c2ccccc21)N(CCCO)C3=O. The number of aliphatic hydroxyl groups is 1. The van der Waals surface area contributed by atoms with Crippen molar-refractivity contribution in [3.8, 4) is 0 Å². The number of aliphatic hydroxyl groups excluding tert-OH is 1. The summed E-state index contributed by atoms with van der Waals surface area (Å²) >= 11 is 0. The topological polar surface area (TPSA) is 91.1 Å². The quantitative estimate of drug-likeness (QED) is 0.722. The average Bonchev–Trinajstić information content (AvgIpc) is 3.12. The van der Waals surface area contributed by atoms with Crippen LogP contribution in [0.15, 0.2) is 51.7 Å². The number of likely N-dealkylation sites (N-methyl/N-ethyl adjacent to an activating group) is 1. The average molecular weight is 404 g/mol. The molecule has 152 valence electrons. The molecule has 0 bridgehead atoms. The number of benzene rings is 2. The Kier molecular flexibility index (Phi) is 3.88. The zero-order chi connectivity index (χ0) is 21.2. The predicted octanol–water partition coefficient (Wildman–Crippen LogP) is 2.16. The zero-order valence-corrected chi connectivity index (χ0v) is 16.6. The summed E-state index contributed by atoms with van der Waals surface area (Å²) in [6.07, 6.45) is 0.271. The highest BCUT2D eigenvalue weighted by atomic mass is 16.3. The molecule has 1 atom stereocenters. The maximum Gasteiger partial charge on any atom is 0.291 e. The van der Waals surface area contributed by atoms with Crippen molar-refractivity contribution < 1.29 is 19.1 Å². The normalized spacial score (nSPS) is 19.8. The summed E-state index contributed by atoms with van der Waals surface area (Å²) in [5.41, 5.74) is 0.483. The highest BCUT2D eigenvalue weighted by molar-refractivity contribution is 6.16. The Morgan fingerprint density at radius 3 is 2.63 bits per heavy atom. The fourth-order valence-electron chi connectivity index (χ4n) is 4.74. The molecule has 0 saturated carbocycles. The third-order valence-electron chi connectivity index (χ3n) is 6.06. The van der Waals surface area contributed by atoms with Crippen LogP contribution >= 0.6 is 0 Å². The molecule has 30 heavy (non-hydrogen) atoms. The fraction of sp³-hybridized carbons (Fsp3) is 0.261. The van der Waals surface area contributed by atoms with Gasteiger partial charge in [-0.25, -0.2) is 0 Å². The predicted molar refractivity (Wildman–Crippen MR) is 111 cm³/mol. The minimum Gasteiger partial charge on any atom is -0.450 e. The van der Waals surface area contributed by atoms with Gasteiger partial charge >= 0.3 is 0 Å². The van der Waals surface area contributed by atoms with Crippen LogP contribution in [-0.4, -0.2) is 42.0 Å². The van der Waals surface area contributed by atoms with Crippen molar-refractivity contribution in [2.75, 3.05) is 25.1 Å². The molecule has 1 N–H and O–H groups in total. The molecule has 7 heteroatoms. The van der Waals surface area contributed by atoms with Crippen LogP contribution in [0.25, 0.3) is 11.0 Å². The smallest absolute Gasteiger partial charge is 0.291 e. The van der Waals surface area contributed by atoms with Crippen molar-refractivity contribution >= 4 is 28.5 Å². The molecule has 1 aromatic heterocycles. The Morgan fingerprint density at radius 1 is 1.10 bits per heavy atom. The molecule has 5 rings (SSSR count). The summed E-state index contributed by atoms with van der Waals surface area (Å²) in [5.74, 6) is -1.00. The van der Waals surface area contributed by atoms with Crippen LogP contribution in [0.5, 0.6) is 0 Å². The van der Waals surface area contributed by atoms with E-state index in [0.717, 1.165) is 5.56 Å². The van der Waals surface area contributed by atoms with Crippen LogP contribution in [-0.2, 0) is 10.3 Å². The van der Waals surface area contributed by atoms with Gasteiger partial charge in [-0.1, -0.05) is 29.8 Å². The lowest BCUT2D eigenvalue weighted by molar-refractivity contribution is -0.125. The Morgan fingerprint density at radius 2 is 1.87 bits per heavy atom. The molecule has 0 unspecified atom stereocenters. The first-order valence-corrected chi connectivity index (χ1v) is 9.81. The van der Waals surface area contributed by atoms with Gasteiger partial charge in [0.1, 0.15) is 5.58 Å². The summed E-state index contributed by atoms with van der Waals surface area (Å²) in [6.45, 7) is 1.83. The second-order valence-electron chi connectivity index (χ2n) is 7.76. The monoisotopic (exact) mass is 404 g/mol. The molecule has 3 aromatic rings. The minimum absolute atomic E-state index is 0.0605. The number of fused-ring (bicyclic) bond motifs is 5. The van der Waals surface area contributed by atoms with Crippen molar-refractivity contribution in [2.24, 2.45) is 0 Å². The van der Waals surface area contributed by atoms with Crippen LogP contribution < -0.4 is 10.3 Å². The van der Waals surface area contributed by atoms with Gasteiger partial charge in [0, 0.05) is 31.5 Å². The van der Waals surface area contributed by atoms with Crippen LogP contribution in [0.4, 0.5) is 5.69 Å². The molecular formula is C23H20N2O5. The Balaban J connectivity index is 1.93. The van der Waals surface area contributed by atoms with E-state index >= 15 is 0 Å². The Hall–Kier alpha value is -3.45. The van der Waals surface area contributed by atoms with Crippen molar-refractivity contribution in [1.82, 2.24) is 4.90 Å². The summed E-state index contributed by atoms with van der Waals surface area (Å²) in [6, 6.07) is 12.3. The van der Waals surface area contributed by atoms with Crippen molar-refractivity contribution in [1.29, 1.82) is 0 Å². The molecule has 0 radical (unpaired) electrons. The van der Waals surface area contributed by atoms with Crippen LogP contribution in [0.1, 0.15) is 33.7 Å². The number of anilines is 1. The zero-order valence-electron chi connectivity index (χ0n) is 16.6. The van der Waals surface area contributed by atoms with Crippen LogP contribution in [0, 0.1) is 6.92 Å². The Bertz CT molecular complexity index is 1290. The molecule has 0 fully saturated rings. The number of carbonyl (C=O) groups excluding carboxylic acids is 2. The van der Waals surface area contributed by atoms with E-state index in [4.69, 9.17) is 4.42 Å². The van der Waals surface area contributed by atoms with E-state index in [1.54, 1.807) is 43.4 Å². The number of carbonyl (C=O) groups is 2. The number of para-hydroxylation sites is 1. The van der Waals surface area contributed by atoms with Gasteiger partial charge in [-0.3, -0.25) is 14.4 Å². The first kappa shape index (κ1) is 18.6. The van der Waals surface area contributed by atoms with Crippen molar-refractivity contribution in [3.05, 3.63) is 75.1 Å². The lowest BCUT2D eigenvalue weighted by atomic mass is 9.84. The van der Waals surface area contributed by atoms with Gasteiger partial charge in [0.25, 0.3) is 11.8 Å². The highest BCUT2D eigenvalue weighted by Crippen LogP contribution is 2.52. The molecule has 2 aromatic carbocycles. The molecule has 1 spiro atoms. The third-order valence-corrected chi connectivity index (χ3v) is 6.06. The lowest BCUT2D eigenvalue weighted by Crippen LogP contribution is -2.53. The Labute approximate surface area is 172 Å². The second kappa shape index (κ2) is 6.27. The van der Waals surface area contributed by atoms with E-state index in [1.165, 1.54) is 9.80 Å². The summed E-state index contributed by atoms with van der Waals surface area (Å²) < 4.78 is 5.92. The van der Waals surface area contributed by atoms with Gasteiger partial charge in [0.15, 0.2) is 11.0 Å². The van der Waals surface area contributed by atoms with Crippen LogP contribution in [0.2, 0.25) is 0 Å². The first-order chi connectivity index (χ1) is 14.4. The molecule has 0 saturated heterocycles. The number of rotatable bonds is 3. The van der Waals surface area contributed by atoms with Crippen molar-refractivity contribution in [2.45, 2.75) is 18.9 Å². The van der Waals surface area contributed by atoms with Crippen molar-refractivity contribution in [3.63, 3.8) is 0 Å². The first-order valence-electron chi connectivity index (χ1n) is 9.81. The fourth-order valence-corrected chi connectivity index (χ4v) is 4.74. The molecule has 2 aliphatic heterocycles. The van der Waals surface area contributed by atoms with E-state index in [2.05, 4.69) is 0 Å². The number of aryl methyl sites for hydroxylation is 1. The van der Waals surface area contributed by atoms with E-state index in [9.17, 15) is 19.5 Å². The lowest BCUT2D eigenvalue weighted by Gasteiger charge is -2.33. The number of hydrogen-bond donors (Lipinski definition) is 1. The summed E-state index contributed by atoms with van der Waals surface area (Å²) in [7, 11) is 1.63. The molecule has 3 heterocycles. The molecule has 7 nitrogen and oxygen atoms in total. The molecule has 2 aliphatic rings. The second-order valence-corrected chi connectivity index (χ2v) is 7.76. The largest absolute Gasteiger partial charge is 0.450 e. The maximum atomic E-state index is 13.7. The van der Waals surface area contributed by atoms with Gasteiger partial charge in [-0.15, -0.1) is 0 Å².